The van der Waals surface area contributed by atoms with E-state index in [1.807, 2.05) is 30.9 Å². The average molecular weight is 264 g/mol. The summed E-state index contributed by atoms with van der Waals surface area (Å²) in [6.45, 7) is 5.16. The number of carbonyl (C=O) groups is 1. The standard InChI is InChI=1S/C12H16N4OS/c1-12(2)11(17)15-5-6-16(12)8-3-4-14-9(7-8)10(13)18/h3-4,7H,5-6H2,1-2H3,(H2,13,18)(H,15,17). The molecule has 0 aromatic carbocycles. The normalized spacial score (nSPS) is 18.3. The second-order valence-electron chi connectivity index (χ2n) is 4.73. The molecule has 1 aromatic heterocycles. The van der Waals surface area contributed by atoms with Gasteiger partial charge in [-0.1, -0.05) is 12.2 Å². The van der Waals surface area contributed by atoms with E-state index in [-0.39, 0.29) is 10.9 Å². The van der Waals surface area contributed by atoms with Crippen molar-refractivity contribution >= 4 is 28.8 Å². The predicted molar refractivity (Wildman–Crippen MR) is 74.6 cm³/mol. The number of rotatable bonds is 2. The topological polar surface area (TPSA) is 71.2 Å². The summed E-state index contributed by atoms with van der Waals surface area (Å²) in [5.74, 6) is 0.0161. The van der Waals surface area contributed by atoms with E-state index in [1.54, 1.807) is 6.20 Å². The molecule has 18 heavy (non-hydrogen) atoms. The van der Waals surface area contributed by atoms with Crippen LogP contribution in [0.5, 0.6) is 0 Å². The van der Waals surface area contributed by atoms with Crippen molar-refractivity contribution < 1.29 is 4.79 Å². The minimum Gasteiger partial charge on any atom is -0.388 e. The van der Waals surface area contributed by atoms with Gasteiger partial charge in [0.1, 0.15) is 10.5 Å². The largest absolute Gasteiger partial charge is 0.388 e. The number of thiocarbonyl (C=S) groups is 1. The Morgan fingerprint density at radius 3 is 3.00 bits per heavy atom. The SMILES string of the molecule is CC1(C)C(=O)NCCN1c1ccnc(C(N)=S)c1. The quantitative estimate of drug-likeness (QED) is 0.758. The molecule has 1 aromatic rings. The number of anilines is 1. The highest BCUT2D eigenvalue weighted by Crippen LogP contribution is 2.26. The third kappa shape index (κ3) is 2.15. The number of hydrogen-bond donors (Lipinski definition) is 2. The minimum absolute atomic E-state index is 0.0161. The van der Waals surface area contributed by atoms with Crippen molar-refractivity contribution in [3.05, 3.63) is 24.0 Å². The van der Waals surface area contributed by atoms with Gasteiger partial charge in [-0.05, 0) is 26.0 Å². The summed E-state index contributed by atoms with van der Waals surface area (Å²) >= 11 is 4.92. The summed E-state index contributed by atoms with van der Waals surface area (Å²) in [4.78, 5) is 18.3. The highest BCUT2D eigenvalue weighted by molar-refractivity contribution is 7.80. The van der Waals surface area contributed by atoms with Crippen molar-refractivity contribution in [3.63, 3.8) is 0 Å². The summed E-state index contributed by atoms with van der Waals surface area (Å²) < 4.78 is 0. The van der Waals surface area contributed by atoms with Gasteiger partial charge in [0.25, 0.3) is 0 Å². The third-order valence-corrected chi connectivity index (χ3v) is 3.37. The van der Waals surface area contributed by atoms with E-state index in [9.17, 15) is 4.79 Å². The Kier molecular flexibility index (Phi) is 3.21. The lowest BCUT2D eigenvalue weighted by Gasteiger charge is -2.42. The lowest BCUT2D eigenvalue weighted by Crippen LogP contribution is -2.62. The van der Waals surface area contributed by atoms with E-state index in [0.29, 0.717) is 12.2 Å². The van der Waals surface area contributed by atoms with Gasteiger partial charge in [0.2, 0.25) is 5.91 Å². The summed E-state index contributed by atoms with van der Waals surface area (Å²) in [5.41, 5.74) is 6.47. The van der Waals surface area contributed by atoms with Gasteiger partial charge in [0.15, 0.2) is 0 Å². The Bertz CT molecular complexity index is 501. The molecule has 1 aliphatic rings. The molecule has 0 radical (unpaired) electrons. The molecule has 1 aliphatic heterocycles. The maximum Gasteiger partial charge on any atom is 0.245 e. The van der Waals surface area contributed by atoms with Crippen LogP contribution in [0.15, 0.2) is 18.3 Å². The van der Waals surface area contributed by atoms with E-state index in [0.717, 1.165) is 12.2 Å². The molecule has 2 rings (SSSR count). The molecule has 6 heteroatoms. The van der Waals surface area contributed by atoms with Crippen LogP contribution in [0.3, 0.4) is 0 Å². The highest BCUT2D eigenvalue weighted by Gasteiger charge is 2.37. The van der Waals surface area contributed by atoms with Crippen LogP contribution in [0.2, 0.25) is 0 Å². The molecule has 5 nitrogen and oxygen atoms in total. The molecule has 0 spiro atoms. The van der Waals surface area contributed by atoms with Crippen molar-refractivity contribution in [1.82, 2.24) is 10.3 Å². The van der Waals surface area contributed by atoms with Gasteiger partial charge in [-0.15, -0.1) is 0 Å². The monoisotopic (exact) mass is 264 g/mol. The second kappa shape index (κ2) is 4.53. The molecule has 0 atom stereocenters. The number of aromatic nitrogens is 1. The minimum atomic E-state index is -0.590. The first kappa shape index (κ1) is 12.8. The Balaban J connectivity index is 2.38. The molecule has 2 heterocycles. The van der Waals surface area contributed by atoms with Crippen LogP contribution in [0.4, 0.5) is 5.69 Å². The zero-order chi connectivity index (χ0) is 13.3. The summed E-state index contributed by atoms with van der Waals surface area (Å²) in [5, 5.41) is 2.86. The number of piperazine rings is 1. The molecular weight excluding hydrogens is 248 g/mol. The van der Waals surface area contributed by atoms with Crippen molar-refractivity contribution in [2.45, 2.75) is 19.4 Å². The van der Waals surface area contributed by atoms with Gasteiger partial charge in [-0.3, -0.25) is 9.78 Å². The number of amides is 1. The van der Waals surface area contributed by atoms with Crippen LogP contribution in [-0.2, 0) is 4.79 Å². The third-order valence-electron chi connectivity index (χ3n) is 3.16. The number of nitrogens with two attached hydrogens (primary N) is 1. The van der Waals surface area contributed by atoms with Gasteiger partial charge in [-0.2, -0.15) is 0 Å². The molecule has 96 valence electrons. The zero-order valence-electron chi connectivity index (χ0n) is 10.4. The summed E-state index contributed by atoms with van der Waals surface area (Å²) in [6.07, 6.45) is 1.66. The van der Waals surface area contributed by atoms with Gasteiger partial charge in [0, 0.05) is 25.0 Å². The zero-order valence-corrected chi connectivity index (χ0v) is 11.3. The average Bonchev–Trinajstić information content (AvgIpc) is 2.32. The second-order valence-corrected chi connectivity index (χ2v) is 5.17. The van der Waals surface area contributed by atoms with E-state index < -0.39 is 5.54 Å². The van der Waals surface area contributed by atoms with E-state index in [4.69, 9.17) is 18.0 Å². The number of nitrogens with one attached hydrogen (secondary N) is 1. The Labute approximate surface area is 111 Å². The molecule has 3 N–H and O–H groups in total. The number of carbonyl (C=O) groups excluding carboxylic acids is 1. The molecule has 1 amide bonds. The Hall–Kier alpha value is -1.69. The van der Waals surface area contributed by atoms with Crippen LogP contribution in [-0.4, -0.2) is 34.5 Å². The van der Waals surface area contributed by atoms with Crippen LogP contribution in [0.1, 0.15) is 19.5 Å². The van der Waals surface area contributed by atoms with E-state index in [2.05, 4.69) is 10.3 Å². The fraction of sp³-hybridized carbons (Fsp3) is 0.417. The highest BCUT2D eigenvalue weighted by atomic mass is 32.1. The van der Waals surface area contributed by atoms with Crippen molar-refractivity contribution in [2.75, 3.05) is 18.0 Å². The van der Waals surface area contributed by atoms with Crippen LogP contribution >= 0.6 is 12.2 Å². The number of pyridine rings is 1. The number of nitrogens with zero attached hydrogens (tertiary/aromatic N) is 2. The van der Waals surface area contributed by atoms with Gasteiger partial charge < -0.3 is 16.0 Å². The molecule has 0 unspecified atom stereocenters. The van der Waals surface area contributed by atoms with Crippen molar-refractivity contribution in [1.29, 1.82) is 0 Å². The Morgan fingerprint density at radius 2 is 2.33 bits per heavy atom. The van der Waals surface area contributed by atoms with Crippen molar-refractivity contribution in [3.8, 4) is 0 Å². The fourth-order valence-electron chi connectivity index (χ4n) is 2.07. The lowest BCUT2D eigenvalue weighted by atomic mass is 9.98. The van der Waals surface area contributed by atoms with Crippen LogP contribution in [0, 0.1) is 0 Å². The summed E-state index contributed by atoms with van der Waals surface area (Å²) in [6, 6.07) is 3.69. The molecule has 0 saturated carbocycles. The first-order valence-electron chi connectivity index (χ1n) is 5.75. The molecule has 0 aliphatic carbocycles. The predicted octanol–water partition coefficient (Wildman–Crippen LogP) is 0.431. The maximum absolute atomic E-state index is 11.9. The summed E-state index contributed by atoms with van der Waals surface area (Å²) in [7, 11) is 0. The Morgan fingerprint density at radius 1 is 1.61 bits per heavy atom. The molecule has 1 saturated heterocycles. The van der Waals surface area contributed by atoms with Gasteiger partial charge in [0.05, 0.1) is 5.69 Å². The smallest absolute Gasteiger partial charge is 0.245 e. The van der Waals surface area contributed by atoms with E-state index >= 15 is 0 Å². The van der Waals surface area contributed by atoms with E-state index in [1.165, 1.54) is 0 Å². The molecule has 0 bridgehead atoms. The molecular formula is C12H16N4OS. The van der Waals surface area contributed by atoms with Crippen molar-refractivity contribution in [2.24, 2.45) is 5.73 Å². The van der Waals surface area contributed by atoms with Crippen LogP contribution in [0.25, 0.3) is 0 Å². The van der Waals surface area contributed by atoms with Gasteiger partial charge in [-0.25, -0.2) is 0 Å². The van der Waals surface area contributed by atoms with Gasteiger partial charge >= 0.3 is 0 Å². The lowest BCUT2D eigenvalue weighted by molar-refractivity contribution is -0.126. The van der Waals surface area contributed by atoms with Crippen LogP contribution < -0.4 is 16.0 Å². The fourth-order valence-corrected chi connectivity index (χ4v) is 2.19. The number of hydrogen-bond acceptors (Lipinski definition) is 4. The first-order valence-corrected chi connectivity index (χ1v) is 6.15. The molecule has 1 fully saturated rings. The first-order chi connectivity index (χ1) is 8.43. The maximum atomic E-state index is 11.9.